The highest BCUT2D eigenvalue weighted by Gasteiger charge is 2.32. The summed E-state index contributed by atoms with van der Waals surface area (Å²) in [6, 6.07) is -0.518. The smallest absolute Gasteiger partial charge is 0.331 e. The molecule has 1 saturated heterocycles. The fourth-order valence-corrected chi connectivity index (χ4v) is 2.50. The van der Waals surface area contributed by atoms with Gasteiger partial charge in [-0.25, -0.2) is 9.78 Å². The van der Waals surface area contributed by atoms with Crippen molar-refractivity contribution in [3.8, 4) is 0 Å². The molecule has 2 aromatic rings. The summed E-state index contributed by atoms with van der Waals surface area (Å²) >= 11 is 0. The Balaban J connectivity index is 2.01. The largest absolute Gasteiger partial charge is 0.467 e. The average Bonchev–Trinajstić information content (AvgIpc) is 2.81. The van der Waals surface area contributed by atoms with Gasteiger partial charge in [0.25, 0.3) is 0 Å². The molecule has 0 aromatic carbocycles. The molecule has 1 aliphatic heterocycles. The first kappa shape index (κ1) is 13.7. The topological polar surface area (TPSA) is 82.4 Å². The summed E-state index contributed by atoms with van der Waals surface area (Å²) in [6.07, 6.45) is 1.74. The van der Waals surface area contributed by atoms with Crippen molar-refractivity contribution in [3.63, 3.8) is 0 Å². The minimum absolute atomic E-state index is 0.276. The van der Waals surface area contributed by atoms with Crippen molar-refractivity contribution in [2.24, 2.45) is 7.05 Å². The first-order valence-electron chi connectivity index (χ1n) is 6.70. The third kappa shape index (κ3) is 2.31. The molecule has 8 nitrogen and oxygen atoms in total. The third-order valence-electron chi connectivity index (χ3n) is 3.61. The van der Waals surface area contributed by atoms with Gasteiger partial charge < -0.3 is 14.4 Å². The number of hydrogen-bond acceptors (Lipinski definition) is 7. The maximum atomic E-state index is 11.9. The van der Waals surface area contributed by atoms with Gasteiger partial charge in [-0.1, -0.05) is 0 Å². The third-order valence-corrected chi connectivity index (χ3v) is 3.61. The summed E-state index contributed by atoms with van der Waals surface area (Å²) in [5.41, 5.74) is 1.62. The number of carbonyl (C=O) groups is 1. The predicted molar refractivity (Wildman–Crippen MR) is 75.0 cm³/mol. The quantitative estimate of drug-likeness (QED) is 0.723. The molecule has 0 amide bonds. The first-order valence-corrected chi connectivity index (χ1v) is 6.70. The highest BCUT2D eigenvalue weighted by molar-refractivity contribution is 5.81. The van der Waals surface area contributed by atoms with Crippen molar-refractivity contribution in [2.45, 2.75) is 13.0 Å². The molecule has 1 atom stereocenters. The Morgan fingerprint density at radius 3 is 3.10 bits per heavy atom. The van der Waals surface area contributed by atoms with Crippen molar-refractivity contribution < 1.29 is 14.3 Å². The number of carbonyl (C=O) groups excluding carboxylic acids is 1. The first-order chi connectivity index (χ1) is 10.1. The molecule has 0 saturated carbocycles. The fraction of sp³-hybridized carbons (Fsp3) is 0.538. The van der Waals surface area contributed by atoms with Crippen molar-refractivity contribution >= 4 is 23.0 Å². The number of fused-ring (bicyclic) bond motifs is 1. The minimum atomic E-state index is -0.518. The van der Waals surface area contributed by atoms with Crippen molar-refractivity contribution in [2.75, 3.05) is 31.8 Å². The zero-order valence-electron chi connectivity index (χ0n) is 12.2. The van der Waals surface area contributed by atoms with Crippen molar-refractivity contribution in [1.82, 2.24) is 19.7 Å². The molecule has 8 heteroatoms. The van der Waals surface area contributed by atoms with Crippen LogP contribution in [0.1, 0.15) is 5.69 Å². The number of rotatable bonds is 2. The van der Waals surface area contributed by atoms with Gasteiger partial charge in [0.1, 0.15) is 0 Å². The SMILES string of the molecule is COC(=O)[C@@H]1COCCN1c1ncc2c(C)nn(C)c2n1. The van der Waals surface area contributed by atoms with Crippen LogP contribution in [0.2, 0.25) is 0 Å². The van der Waals surface area contributed by atoms with Crippen LogP contribution in [0, 0.1) is 6.92 Å². The van der Waals surface area contributed by atoms with Crippen molar-refractivity contribution in [1.29, 1.82) is 0 Å². The Bertz CT molecular complexity index is 684. The number of methoxy groups -OCH3 is 1. The Labute approximate surface area is 121 Å². The molecule has 0 N–H and O–H groups in total. The standard InChI is InChI=1S/C13H17N5O3/c1-8-9-6-14-13(15-11(9)17(2)16-8)18-4-5-21-7-10(18)12(19)20-3/h6,10H,4-5,7H2,1-3H3/t10-/m0/s1. The second-order valence-electron chi connectivity index (χ2n) is 4.92. The number of esters is 1. The molecule has 1 aliphatic rings. The lowest BCUT2D eigenvalue weighted by Crippen LogP contribution is -2.51. The fourth-order valence-electron chi connectivity index (χ4n) is 2.50. The van der Waals surface area contributed by atoms with E-state index in [1.165, 1.54) is 7.11 Å². The number of morpholine rings is 1. The Morgan fingerprint density at radius 1 is 1.52 bits per heavy atom. The van der Waals surface area contributed by atoms with Gasteiger partial charge in [0, 0.05) is 19.8 Å². The molecule has 3 heterocycles. The summed E-state index contributed by atoms with van der Waals surface area (Å²) in [6.45, 7) is 3.26. The lowest BCUT2D eigenvalue weighted by Gasteiger charge is -2.33. The van der Waals surface area contributed by atoms with E-state index in [2.05, 4.69) is 15.1 Å². The molecule has 0 unspecified atom stereocenters. The average molecular weight is 291 g/mol. The van der Waals surface area contributed by atoms with Crippen LogP contribution in [0.4, 0.5) is 5.95 Å². The molecule has 21 heavy (non-hydrogen) atoms. The number of aryl methyl sites for hydroxylation is 2. The molecular weight excluding hydrogens is 274 g/mol. The Kier molecular flexibility index (Phi) is 3.46. The number of aromatic nitrogens is 4. The van der Waals surface area contributed by atoms with E-state index in [-0.39, 0.29) is 12.6 Å². The Morgan fingerprint density at radius 2 is 2.33 bits per heavy atom. The van der Waals surface area contributed by atoms with Crippen LogP contribution in [0.25, 0.3) is 11.0 Å². The van der Waals surface area contributed by atoms with Gasteiger partial charge in [-0.15, -0.1) is 0 Å². The van der Waals surface area contributed by atoms with Crippen LogP contribution in [0.3, 0.4) is 0 Å². The molecular formula is C13H17N5O3. The van der Waals surface area contributed by atoms with Gasteiger partial charge in [-0.3, -0.25) is 4.68 Å². The second kappa shape index (κ2) is 5.28. The number of hydrogen-bond donors (Lipinski definition) is 0. The van der Waals surface area contributed by atoms with E-state index < -0.39 is 6.04 Å². The van der Waals surface area contributed by atoms with Crippen LogP contribution < -0.4 is 4.90 Å². The lowest BCUT2D eigenvalue weighted by atomic mass is 10.2. The highest BCUT2D eigenvalue weighted by Crippen LogP contribution is 2.20. The molecule has 0 spiro atoms. The number of nitrogens with zero attached hydrogens (tertiary/aromatic N) is 5. The Hall–Kier alpha value is -2.22. The summed E-state index contributed by atoms with van der Waals surface area (Å²) in [5, 5.41) is 5.23. The van der Waals surface area contributed by atoms with Crippen LogP contribution in [-0.2, 0) is 21.3 Å². The number of anilines is 1. The molecule has 112 valence electrons. The van der Waals surface area contributed by atoms with Gasteiger partial charge in [0.2, 0.25) is 5.95 Å². The van der Waals surface area contributed by atoms with E-state index in [0.717, 1.165) is 16.7 Å². The van der Waals surface area contributed by atoms with Gasteiger partial charge in [0.05, 0.1) is 31.4 Å². The van der Waals surface area contributed by atoms with Crippen molar-refractivity contribution in [3.05, 3.63) is 11.9 Å². The van der Waals surface area contributed by atoms with Crippen LogP contribution >= 0.6 is 0 Å². The summed E-state index contributed by atoms with van der Waals surface area (Å²) < 4.78 is 11.9. The predicted octanol–water partition coefficient (Wildman–Crippen LogP) is 0.0499. The monoisotopic (exact) mass is 291 g/mol. The van der Waals surface area contributed by atoms with Gasteiger partial charge in [-0.05, 0) is 6.92 Å². The molecule has 0 bridgehead atoms. The molecule has 2 aromatic heterocycles. The van der Waals surface area contributed by atoms with E-state index in [1.807, 2.05) is 18.9 Å². The summed E-state index contributed by atoms with van der Waals surface area (Å²) in [4.78, 5) is 22.6. The molecule has 1 fully saturated rings. The zero-order chi connectivity index (χ0) is 15.0. The number of ether oxygens (including phenoxy) is 2. The lowest BCUT2D eigenvalue weighted by molar-refractivity contribution is -0.144. The van der Waals surface area contributed by atoms with Gasteiger partial charge in [0.15, 0.2) is 11.7 Å². The normalized spacial score (nSPS) is 19.0. The highest BCUT2D eigenvalue weighted by atomic mass is 16.5. The van der Waals surface area contributed by atoms with E-state index in [1.54, 1.807) is 10.9 Å². The van der Waals surface area contributed by atoms with E-state index >= 15 is 0 Å². The van der Waals surface area contributed by atoms with Crippen LogP contribution in [0.5, 0.6) is 0 Å². The maximum Gasteiger partial charge on any atom is 0.331 e. The zero-order valence-corrected chi connectivity index (χ0v) is 12.2. The van der Waals surface area contributed by atoms with Gasteiger partial charge in [-0.2, -0.15) is 10.1 Å². The van der Waals surface area contributed by atoms with E-state index in [4.69, 9.17) is 9.47 Å². The summed E-state index contributed by atoms with van der Waals surface area (Å²) in [7, 11) is 3.20. The van der Waals surface area contributed by atoms with E-state index in [9.17, 15) is 4.79 Å². The van der Waals surface area contributed by atoms with Gasteiger partial charge >= 0.3 is 5.97 Å². The minimum Gasteiger partial charge on any atom is -0.467 e. The van der Waals surface area contributed by atoms with Crippen LogP contribution in [-0.4, -0.2) is 58.6 Å². The summed E-state index contributed by atoms with van der Waals surface area (Å²) in [5.74, 6) is 0.142. The molecule has 3 rings (SSSR count). The molecule has 0 aliphatic carbocycles. The van der Waals surface area contributed by atoms with E-state index in [0.29, 0.717) is 19.1 Å². The van der Waals surface area contributed by atoms with Crippen LogP contribution in [0.15, 0.2) is 6.20 Å². The maximum absolute atomic E-state index is 11.9. The second-order valence-corrected chi connectivity index (χ2v) is 4.92. The molecule has 0 radical (unpaired) electrons.